The normalized spacial score (nSPS) is 24.7. The first-order valence-corrected chi connectivity index (χ1v) is 11.6. The van der Waals surface area contributed by atoms with E-state index in [1.807, 2.05) is 6.20 Å². The van der Waals surface area contributed by atoms with Gasteiger partial charge in [-0.2, -0.15) is 0 Å². The predicted molar refractivity (Wildman–Crippen MR) is 127 cm³/mol. The minimum absolute atomic E-state index is 0. The minimum Gasteiger partial charge on any atom is -0.393 e. The second-order valence-corrected chi connectivity index (χ2v) is 9.51. The van der Waals surface area contributed by atoms with Crippen LogP contribution in [0.2, 0.25) is 0 Å². The third-order valence-corrected chi connectivity index (χ3v) is 6.89. The average molecular weight is 609 g/mol. The standard InChI is InChI=1S/C18H16N.C10H18O2.Ir/c1-12-4-5-15-11-19-18(10-16(15)7-12)17-8-13(2)6-14(3)9-17;11-8-4-2-1-3-7-5-6-9(12)10(7)8;/h4-8,10-11H,1-3H3;7-12H,1-6H2;/q-1;;. The molecule has 5 rings (SSSR count). The van der Waals surface area contributed by atoms with E-state index in [4.69, 9.17) is 0 Å². The van der Waals surface area contributed by atoms with Gasteiger partial charge in [-0.1, -0.05) is 56.5 Å². The Balaban J connectivity index is 0.000000193. The maximum absolute atomic E-state index is 9.77. The summed E-state index contributed by atoms with van der Waals surface area (Å²) < 4.78 is 0. The SMILES string of the molecule is Cc1[c-]c(-c2cc3cc(C)ccc3cn2)cc(C)c1.OC1CCCCC2CCC(O)C12.[Ir]. The average Bonchev–Trinajstić information content (AvgIpc) is 2.99. The Labute approximate surface area is 205 Å². The van der Waals surface area contributed by atoms with Gasteiger partial charge < -0.3 is 15.2 Å². The van der Waals surface area contributed by atoms with Gasteiger partial charge in [0.25, 0.3) is 0 Å². The van der Waals surface area contributed by atoms with Gasteiger partial charge in [0.1, 0.15) is 0 Å². The van der Waals surface area contributed by atoms with Gasteiger partial charge in [0.15, 0.2) is 0 Å². The molecule has 32 heavy (non-hydrogen) atoms. The second-order valence-electron chi connectivity index (χ2n) is 9.51. The molecule has 2 N–H and O–H groups in total. The second kappa shape index (κ2) is 11.0. The van der Waals surface area contributed by atoms with Crippen LogP contribution >= 0.6 is 0 Å². The Morgan fingerprint density at radius 1 is 0.812 bits per heavy atom. The van der Waals surface area contributed by atoms with Gasteiger partial charge in [0.2, 0.25) is 0 Å². The first-order chi connectivity index (χ1) is 14.9. The fraction of sp³-hybridized carbons (Fsp3) is 0.464. The molecular weight excluding hydrogens is 575 g/mol. The van der Waals surface area contributed by atoms with Crippen LogP contribution in [0.15, 0.2) is 42.6 Å². The monoisotopic (exact) mass is 609 g/mol. The Kier molecular flexibility index (Phi) is 8.63. The third-order valence-electron chi connectivity index (χ3n) is 6.89. The quantitative estimate of drug-likeness (QED) is 0.337. The summed E-state index contributed by atoms with van der Waals surface area (Å²) in [6, 6.07) is 16.2. The number of nitrogens with zero attached hydrogens (tertiary/aromatic N) is 1. The summed E-state index contributed by atoms with van der Waals surface area (Å²) in [5.74, 6) is 0.810. The van der Waals surface area contributed by atoms with E-state index in [0.29, 0.717) is 5.92 Å². The van der Waals surface area contributed by atoms with E-state index >= 15 is 0 Å². The van der Waals surface area contributed by atoms with Crippen molar-refractivity contribution >= 4 is 10.8 Å². The number of hydrogen-bond acceptors (Lipinski definition) is 3. The first kappa shape index (κ1) is 25.0. The Morgan fingerprint density at radius 2 is 1.56 bits per heavy atom. The van der Waals surface area contributed by atoms with Crippen molar-refractivity contribution in [1.29, 1.82) is 0 Å². The van der Waals surface area contributed by atoms with Gasteiger partial charge in [-0.05, 0) is 55.0 Å². The van der Waals surface area contributed by atoms with Crippen LogP contribution < -0.4 is 0 Å². The first-order valence-electron chi connectivity index (χ1n) is 11.6. The van der Waals surface area contributed by atoms with E-state index in [-0.39, 0.29) is 38.2 Å². The van der Waals surface area contributed by atoms with Crippen LogP contribution in [0.3, 0.4) is 0 Å². The maximum Gasteiger partial charge on any atom is 0.0595 e. The topological polar surface area (TPSA) is 53.4 Å². The van der Waals surface area contributed by atoms with Crippen molar-refractivity contribution in [2.75, 3.05) is 0 Å². The molecule has 2 saturated carbocycles. The summed E-state index contributed by atoms with van der Waals surface area (Å²) in [5.41, 5.74) is 5.73. The van der Waals surface area contributed by atoms with Crippen molar-refractivity contribution in [3.8, 4) is 11.3 Å². The summed E-state index contributed by atoms with van der Waals surface area (Å²) in [6.45, 7) is 6.29. The van der Waals surface area contributed by atoms with E-state index < -0.39 is 0 Å². The van der Waals surface area contributed by atoms with E-state index in [1.165, 1.54) is 34.7 Å². The van der Waals surface area contributed by atoms with Crippen molar-refractivity contribution in [2.24, 2.45) is 11.8 Å². The molecule has 0 spiro atoms. The summed E-state index contributed by atoms with van der Waals surface area (Å²) in [4.78, 5) is 4.56. The molecule has 1 radical (unpaired) electrons. The van der Waals surface area contributed by atoms with E-state index in [9.17, 15) is 10.2 Å². The molecule has 3 nitrogen and oxygen atoms in total. The smallest absolute Gasteiger partial charge is 0.0595 e. The van der Waals surface area contributed by atoms with Gasteiger partial charge in [0.05, 0.1) is 12.2 Å². The summed E-state index contributed by atoms with van der Waals surface area (Å²) in [5, 5.41) is 21.8. The molecule has 2 aliphatic carbocycles. The number of aliphatic hydroxyl groups excluding tert-OH is 2. The molecule has 4 heteroatoms. The minimum atomic E-state index is -0.227. The molecule has 4 unspecified atom stereocenters. The van der Waals surface area contributed by atoms with Gasteiger partial charge in [0, 0.05) is 32.2 Å². The molecule has 1 aromatic heterocycles. The number of aromatic nitrogens is 1. The van der Waals surface area contributed by atoms with E-state index in [2.05, 4.69) is 68.2 Å². The van der Waals surface area contributed by atoms with Crippen molar-refractivity contribution in [2.45, 2.75) is 71.5 Å². The molecule has 4 atom stereocenters. The van der Waals surface area contributed by atoms with E-state index in [1.54, 1.807) is 0 Å². The fourth-order valence-corrected chi connectivity index (χ4v) is 5.38. The molecule has 0 amide bonds. The van der Waals surface area contributed by atoms with Crippen LogP contribution in [-0.4, -0.2) is 27.4 Å². The molecule has 1 heterocycles. The van der Waals surface area contributed by atoms with Gasteiger partial charge in [-0.15, -0.1) is 34.9 Å². The van der Waals surface area contributed by atoms with Crippen LogP contribution in [0.5, 0.6) is 0 Å². The number of aryl methyl sites for hydroxylation is 3. The van der Waals surface area contributed by atoms with Crippen LogP contribution in [0, 0.1) is 38.7 Å². The number of fused-ring (bicyclic) bond motifs is 2. The van der Waals surface area contributed by atoms with E-state index in [0.717, 1.165) is 42.5 Å². The van der Waals surface area contributed by atoms with Gasteiger partial charge in [-0.25, -0.2) is 0 Å². The molecule has 0 aliphatic heterocycles. The zero-order valence-corrected chi connectivity index (χ0v) is 21.7. The molecule has 2 aromatic carbocycles. The predicted octanol–water partition coefficient (Wildman–Crippen LogP) is 5.93. The Morgan fingerprint density at radius 3 is 2.34 bits per heavy atom. The molecular formula is C28H34IrNO2-. The van der Waals surface area contributed by atoms with Crippen molar-refractivity contribution < 1.29 is 30.3 Å². The van der Waals surface area contributed by atoms with Gasteiger partial charge in [-0.3, -0.25) is 0 Å². The molecule has 2 fully saturated rings. The maximum atomic E-state index is 9.77. The molecule has 0 bridgehead atoms. The molecule has 2 aliphatic rings. The molecule has 0 saturated heterocycles. The number of hydrogen-bond donors (Lipinski definition) is 2. The molecule has 3 aromatic rings. The largest absolute Gasteiger partial charge is 0.393 e. The summed E-state index contributed by atoms with van der Waals surface area (Å²) >= 11 is 0. The fourth-order valence-electron chi connectivity index (χ4n) is 5.38. The number of benzene rings is 2. The number of rotatable bonds is 1. The number of pyridine rings is 1. The van der Waals surface area contributed by atoms with Crippen molar-refractivity contribution in [1.82, 2.24) is 4.98 Å². The van der Waals surface area contributed by atoms with Crippen LogP contribution in [0.1, 0.15) is 55.2 Å². The Bertz CT molecular complexity index is 1030. The third kappa shape index (κ3) is 5.85. The van der Waals surface area contributed by atoms with Crippen LogP contribution in [-0.2, 0) is 20.1 Å². The van der Waals surface area contributed by atoms with Gasteiger partial charge >= 0.3 is 0 Å². The Hall–Kier alpha value is -1.58. The molecule has 173 valence electrons. The number of aliphatic hydroxyl groups is 2. The zero-order valence-electron chi connectivity index (χ0n) is 19.3. The van der Waals surface area contributed by atoms with Crippen molar-refractivity contribution in [3.63, 3.8) is 0 Å². The van der Waals surface area contributed by atoms with Crippen molar-refractivity contribution in [3.05, 3.63) is 65.4 Å². The van der Waals surface area contributed by atoms with Crippen LogP contribution in [0.4, 0.5) is 0 Å². The van der Waals surface area contributed by atoms with Crippen LogP contribution in [0.25, 0.3) is 22.0 Å². The zero-order chi connectivity index (χ0) is 22.0. The summed E-state index contributed by atoms with van der Waals surface area (Å²) in [7, 11) is 0. The summed E-state index contributed by atoms with van der Waals surface area (Å²) in [6.07, 6.45) is 8.03.